The highest BCUT2D eigenvalue weighted by Crippen LogP contribution is 2.46. The van der Waals surface area contributed by atoms with Crippen LogP contribution in [0.15, 0.2) is 60.7 Å². The Balaban J connectivity index is 1.43. The Labute approximate surface area is 231 Å². The summed E-state index contributed by atoms with van der Waals surface area (Å²) in [5, 5.41) is 8.19. The maximum absolute atomic E-state index is 13.8. The van der Waals surface area contributed by atoms with Crippen LogP contribution in [0.3, 0.4) is 0 Å². The Hall–Kier alpha value is -4.17. The first-order chi connectivity index (χ1) is 19.1. The Morgan fingerprint density at radius 2 is 1.87 bits per heavy atom. The van der Waals surface area contributed by atoms with Gasteiger partial charge in [0.1, 0.15) is 5.69 Å². The van der Waals surface area contributed by atoms with Crippen molar-refractivity contribution in [1.82, 2.24) is 15.1 Å². The fourth-order valence-electron chi connectivity index (χ4n) is 5.07. The van der Waals surface area contributed by atoms with E-state index in [1.807, 2.05) is 65.6 Å². The molecule has 2 aliphatic heterocycles. The van der Waals surface area contributed by atoms with Gasteiger partial charge in [-0.15, -0.1) is 0 Å². The van der Waals surface area contributed by atoms with Crippen molar-refractivity contribution in [2.75, 3.05) is 20.5 Å². The zero-order chi connectivity index (χ0) is 26.9. The van der Waals surface area contributed by atoms with Gasteiger partial charge in [-0.1, -0.05) is 49.2 Å². The summed E-state index contributed by atoms with van der Waals surface area (Å²) in [7, 11) is 1.62. The van der Waals surface area contributed by atoms with Crippen LogP contribution >= 0.6 is 11.6 Å². The fourth-order valence-corrected chi connectivity index (χ4v) is 5.20. The van der Waals surface area contributed by atoms with Gasteiger partial charge in [-0.3, -0.25) is 9.89 Å². The van der Waals surface area contributed by atoms with Crippen LogP contribution < -0.4 is 18.9 Å². The van der Waals surface area contributed by atoms with E-state index in [1.54, 1.807) is 7.11 Å². The van der Waals surface area contributed by atoms with E-state index in [2.05, 4.69) is 17.1 Å². The number of hydrogen-bond donors (Lipinski definition) is 1. The Morgan fingerprint density at radius 1 is 1.05 bits per heavy atom. The van der Waals surface area contributed by atoms with Gasteiger partial charge in [0.15, 0.2) is 23.0 Å². The lowest BCUT2D eigenvalue weighted by molar-refractivity contribution is 0.0729. The van der Waals surface area contributed by atoms with Crippen LogP contribution in [0.25, 0.3) is 11.3 Å². The molecule has 200 valence electrons. The molecule has 0 bridgehead atoms. The van der Waals surface area contributed by atoms with Gasteiger partial charge in [0.2, 0.25) is 6.79 Å². The zero-order valence-corrected chi connectivity index (χ0v) is 22.5. The van der Waals surface area contributed by atoms with Gasteiger partial charge in [0, 0.05) is 22.7 Å². The van der Waals surface area contributed by atoms with Crippen molar-refractivity contribution in [1.29, 1.82) is 0 Å². The van der Waals surface area contributed by atoms with Crippen molar-refractivity contribution in [2.24, 2.45) is 0 Å². The quantitative estimate of drug-likeness (QED) is 0.245. The lowest BCUT2D eigenvalue weighted by Gasteiger charge is -2.27. The van der Waals surface area contributed by atoms with Gasteiger partial charge >= 0.3 is 0 Å². The van der Waals surface area contributed by atoms with E-state index in [1.165, 1.54) is 0 Å². The van der Waals surface area contributed by atoms with E-state index >= 15 is 0 Å². The lowest BCUT2D eigenvalue weighted by Crippen LogP contribution is -2.29. The largest absolute Gasteiger partial charge is 0.493 e. The number of carbonyl (C=O) groups is 1. The van der Waals surface area contributed by atoms with E-state index in [4.69, 9.17) is 30.5 Å². The summed E-state index contributed by atoms with van der Waals surface area (Å²) in [6.07, 6.45) is 1.99. The second-order valence-corrected chi connectivity index (χ2v) is 9.94. The molecule has 3 aromatic carbocycles. The number of aromatic amines is 1. The summed E-state index contributed by atoms with van der Waals surface area (Å²) in [5.41, 5.74) is 4.66. The van der Waals surface area contributed by atoms with Crippen molar-refractivity contribution in [2.45, 2.75) is 32.4 Å². The number of nitrogens with one attached hydrogen (secondary N) is 1. The highest BCUT2D eigenvalue weighted by molar-refractivity contribution is 6.30. The Bertz CT molecular complexity index is 1520. The van der Waals surface area contributed by atoms with E-state index in [0.717, 1.165) is 35.1 Å². The molecule has 1 N–H and O–H groups in total. The van der Waals surface area contributed by atoms with Crippen molar-refractivity contribution in [3.8, 4) is 34.3 Å². The van der Waals surface area contributed by atoms with Gasteiger partial charge in [-0.05, 0) is 53.9 Å². The van der Waals surface area contributed by atoms with Gasteiger partial charge in [0.25, 0.3) is 5.91 Å². The van der Waals surface area contributed by atoms with Crippen molar-refractivity contribution in [3.05, 3.63) is 88.1 Å². The molecule has 0 spiro atoms. The molecule has 9 heteroatoms. The molecule has 0 radical (unpaired) electrons. The first kappa shape index (κ1) is 25.1. The molecule has 1 atom stereocenters. The third kappa shape index (κ3) is 4.65. The Kier molecular flexibility index (Phi) is 6.79. The van der Waals surface area contributed by atoms with Crippen LogP contribution in [0.4, 0.5) is 0 Å². The number of aromatic nitrogens is 2. The second kappa shape index (κ2) is 10.5. The number of carbonyl (C=O) groups excluding carboxylic acids is 1. The topological polar surface area (TPSA) is 85.9 Å². The fraction of sp³-hybridized carbons (Fsp3) is 0.267. The van der Waals surface area contributed by atoms with E-state index in [9.17, 15) is 4.79 Å². The summed E-state index contributed by atoms with van der Waals surface area (Å²) in [6, 6.07) is 18.6. The van der Waals surface area contributed by atoms with Crippen LogP contribution in [0.2, 0.25) is 5.02 Å². The number of amides is 1. The summed E-state index contributed by atoms with van der Waals surface area (Å²) >= 11 is 6.15. The van der Waals surface area contributed by atoms with Gasteiger partial charge < -0.3 is 23.8 Å². The molecule has 1 unspecified atom stereocenters. The third-order valence-electron chi connectivity index (χ3n) is 7.03. The predicted octanol–water partition coefficient (Wildman–Crippen LogP) is 6.39. The number of benzene rings is 3. The van der Waals surface area contributed by atoms with Gasteiger partial charge in [0.05, 0.1) is 25.5 Å². The number of ether oxygens (including phenoxy) is 4. The molecule has 6 rings (SSSR count). The molecule has 0 aliphatic carbocycles. The summed E-state index contributed by atoms with van der Waals surface area (Å²) < 4.78 is 22.7. The molecule has 39 heavy (non-hydrogen) atoms. The molecule has 1 amide bonds. The second-order valence-electron chi connectivity index (χ2n) is 9.50. The number of methoxy groups -OCH3 is 1. The number of unbranched alkanes of at least 4 members (excludes halogenated alkanes) is 1. The van der Waals surface area contributed by atoms with Crippen molar-refractivity contribution < 1.29 is 23.7 Å². The van der Waals surface area contributed by atoms with E-state index in [0.29, 0.717) is 52.6 Å². The van der Waals surface area contributed by atoms with Gasteiger partial charge in [-0.2, -0.15) is 5.10 Å². The predicted molar refractivity (Wildman–Crippen MR) is 147 cm³/mol. The average molecular weight is 546 g/mol. The summed E-state index contributed by atoms with van der Waals surface area (Å²) in [5.74, 6) is 2.53. The molecule has 0 fully saturated rings. The summed E-state index contributed by atoms with van der Waals surface area (Å²) in [4.78, 5) is 15.7. The van der Waals surface area contributed by atoms with Crippen LogP contribution in [-0.4, -0.2) is 41.5 Å². The number of fused-ring (bicyclic) bond motifs is 2. The normalized spacial score (nSPS) is 15.5. The molecule has 0 saturated carbocycles. The van der Waals surface area contributed by atoms with E-state index < -0.39 is 6.04 Å². The Morgan fingerprint density at radius 3 is 2.67 bits per heavy atom. The molecule has 1 aromatic heterocycles. The minimum absolute atomic E-state index is 0.136. The molecular weight excluding hydrogens is 518 g/mol. The maximum atomic E-state index is 13.8. The van der Waals surface area contributed by atoms with Crippen LogP contribution in [-0.2, 0) is 6.54 Å². The minimum atomic E-state index is -0.416. The average Bonchev–Trinajstić information content (AvgIpc) is 3.66. The number of hydrogen-bond acceptors (Lipinski definition) is 6. The highest BCUT2D eigenvalue weighted by Gasteiger charge is 2.42. The molecule has 3 heterocycles. The zero-order valence-electron chi connectivity index (χ0n) is 21.7. The number of nitrogens with zero attached hydrogens (tertiary/aromatic N) is 2. The van der Waals surface area contributed by atoms with E-state index in [-0.39, 0.29) is 12.7 Å². The summed E-state index contributed by atoms with van der Waals surface area (Å²) in [6.45, 7) is 3.28. The van der Waals surface area contributed by atoms with Crippen LogP contribution in [0, 0.1) is 0 Å². The maximum Gasteiger partial charge on any atom is 0.273 e. The standard InChI is InChI=1S/C30H28ClN3O5/c1-3-4-13-37-22-12-8-20(15-24(22)36-2)29-26-27(19-6-9-21(31)10-7-19)32-33-28(26)30(35)34(29)16-18-5-11-23-25(14-18)39-17-38-23/h5-12,14-15,29H,3-4,13,16-17H2,1-2H3,(H,32,33). The smallest absolute Gasteiger partial charge is 0.273 e. The SMILES string of the molecule is CCCCOc1ccc(C2c3c(-c4ccc(Cl)cc4)n[nH]c3C(=O)N2Cc2ccc3c(c2)OCO3)cc1OC. The molecule has 8 nitrogen and oxygen atoms in total. The minimum Gasteiger partial charge on any atom is -0.493 e. The molecule has 0 saturated heterocycles. The third-order valence-corrected chi connectivity index (χ3v) is 7.28. The number of halogens is 1. The van der Waals surface area contributed by atoms with Crippen molar-refractivity contribution >= 4 is 17.5 Å². The lowest BCUT2D eigenvalue weighted by atomic mass is 9.95. The molecule has 2 aliphatic rings. The highest BCUT2D eigenvalue weighted by atomic mass is 35.5. The van der Waals surface area contributed by atoms with Crippen molar-refractivity contribution in [3.63, 3.8) is 0 Å². The van der Waals surface area contributed by atoms with Crippen LogP contribution in [0.1, 0.15) is 53.0 Å². The monoisotopic (exact) mass is 545 g/mol. The first-order valence-electron chi connectivity index (χ1n) is 12.9. The molecular formula is C30H28ClN3O5. The van der Waals surface area contributed by atoms with Crippen LogP contribution in [0.5, 0.6) is 23.0 Å². The van der Waals surface area contributed by atoms with Gasteiger partial charge in [-0.25, -0.2) is 0 Å². The number of rotatable bonds is 9. The molecule has 4 aromatic rings. The first-order valence-corrected chi connectivity index (χ1v) is 13.3. The number of H-pyrrole nitrogens is 1.